The Kier molecular flexibility index (Phi) is 5.64. The van der Waals surface area contributed by atoms with Gasteiger partial charge in [-0.3, -0.25) is 4.39 Å². The summed E-state index contributed by atoms with van der Waals surface area (Å²) in [6.45, 7) is 1.43. The first-order valence-corrected chi connectivity index (χ1v) is 7.94. The van der Waals surface area contributed by atoms with Crippen LogP contribution < -0.4 is 10.6 Å². The minimum Gasteiger partial charge on any atom is -0.359 e. The van der Waals surface area contributed by atoms with E-state index in [2.05, 4.69) is 15.6 Å². The Labute approximate surface area is 142 Å². The number of rotatable bonds is 6. The van der Waals surface area contributed by atoms with Gasteiger partial charge in [0.25, 0.3) is 5.92 Å². The van der Waals surface area contributed by atoms with Crippen molar-refractivity contribution in [1.82, 2.24) is 10.3 Å². The molecule has 2 amide bonds. The fraction of sp³-hybridized carbons (Fsp3) is 0.438. The zero-order valence-corrected chi connectivity index (χ0v) is 14.1. The molecule has 2 atom stereocenters. The second-order valence-corrected chi connectivity index (χ2v) is 6.09. The lowest BCUT2D eigenvalue weighted by Gasteiger charge is -2.29. The van der Waals surface area contributed by atoms with Gasteiger partial charge in [-0.1, -0.05) is 18.5 Å². The maximum Gasteiger partial charge on any atom is 0.319 e. The zero-order chi connectivity index (χ0) is 17.9. The Bertz CT molecular complexity index is 720. The Hall–Kier alpha value is -1.89. The number of alkyl halides is 3. The van der Waals surface area contributed by atoms with E-state index < -0.39 is 37.0 Å². The number of hydrogen-bond donors (Lipinski definition) is 3. The highest BCUT2D eigenvalue weighted by Crippen LogP contribution is 2.31. The van der Waals surface area contributed by atoms with Crippen molar-refractivity contribution in [3.63, 3.8) is 0 Å². The molecule has 8 heteroatoms. The molecule has 3 N–H and O–H groups in total. The molecule has 0 spiro atoms. The summed E-state index contributed by atoms with van der Waals surface area (Å²) in [6, 6.07) is 3.41. The summed E-state index contributed by atoms with van der Waals surface area (Å²) < 4.78 is 40.4. The zero-order valence-electron chi connectivity index (χ0n) is 13.3. The summed E-state index contributed by atoms with van der Waals surface area (Å²) in [5.74, 6) is -4.76. The quantitative estimate of drug-likeness (QED) is 0.669. The summed E-state index contributed by atoms with van der Waals surface area (Å²) in [5.41, 5.74) is 1.22. The molecule has 0 aliphatic carbocycles. The van der Waals surface area contributed by atoms with Gasteiger partial charge in [-0.05, 0) is 25.1 Å². The van der Waals surface area contributed by atoms with E-state index >= 15 is 0 Å². The molecule has 0 unspecified atom stereocenters. The number of anilines is 1. The molecule has 24 heavy (non-hydrogen) atoms. The predicted octanol–water partition coefficient (Wildman–Crippen LogP) is 4.96. The molecule has 0 radical (unpaired) electrons. The molecule has 0 aliphatic rings. The average molecular weight is 362 g/mol. The molecule has 0 aliphatic heterocycles. The Morgan fingerprint density at radius 3 is 2.75 bits per heavy atom. The maximum atomic E-state index is 13.7. The van der Waals surface area contributed by atoms with Crippen LogP contribution in [0.3, 0.4) is 0 Å². The Balaban J connectivity index is 2.08. The minimum atomic E-state index is -3.18. The third kappa shape index (κ3) is 3.95. The molecule has 0 bridgehead atoms. The van der Waals surface area contributed by atoms with E-state index in [4.69, 9.17) is 11.6 Å². The van der Waals surface area contributed by atoms with Crippen LogP contribution in [0.25, 0.3) is 10.9 Å². The lowest BCUT2D eigenvalue weighted by Crippen LogP contribution is -2.48. The highest BCUT2D eigenvalue weighted by Gasteiger charge is 2.41. The summed E-state index contributed by atoms with van der Waals surface area (Å²) in [5, 5.41) is 6.12. The van der Waals surface area contributed by atoms with Gasteiger partial charge in [-0.2, -0.15) is 0 Å². The number of aromatic amines is 1. The molecular formula is C16H19ClF3N3O. The molecule has 4 nitrogen and oxygen atoms in total. The van der Waals surface area contributed by atoms with E-state index in [-0.39, 0.29) is 0 Å². The number of urea groups is 1. The Morgan fingerprint density at radius 2 is 2.12 bits per heavy atom. The topological polar surface area (TPSA) is 56.9 Å². The number of nitrogens with one attached hydrogen (secondary N) is 3. The van der Waals surface area contributed by atoms with Crippen molar-refractivity contribution >= 4 is 34.2 Å². The van der Waals surface area contributed by atoms with Gasteiger partial charge < -0.3 is 15.6 Å². The lowest BCUT2D eigenvalue weighted by atomic mass is 9.93. The smallest absolute Gasteiger partial charge is 0.319 e. The van der Waals surface area contributed by atoms with Crippen LogP contribution in [0, 0.1) is 5.92 Å². The lowest BCUT2D eigenvalue weighted by molar-refractivity contribution is -0.0780. The number of H-pyrrole nitrogens is 1. The third-order valence-corrected chi connectivity index (χ3v) is 4.27. The van der Waals surface area contributed by atoms with Crippen molar-refractivity contribution in [3.8, 4) is 0 Å². The number of halogens is 4. The minimum absolute atomic E-state index is 0.455. The summed E-state index contributed by atoms with van der Waals surface area (Å²) >= 11 is 5.93. The number of fused-ring (bicyclic) bond motifs is 1. The van der Waals surface area contributed by atoms with E-state index in [1.807, 2.05) is 0 Å². The number of benzene rings is 1. The molecule has 1 aromatic carbocycles. The van der Waals surface area contributed by atoms with Gasteiger partial charge in [0, 0.05) is 34.6 Å². The number of hydrogen-bond acceptors (Lipinski definition) is 1. The SMILES string of the molecule is CCC(F)(F)[C@@H](CF)[C@@H](C)NC(=O)Nc1c[nH]c2ccc(Cl)cc12. The van der Waals surface area contributed by atoms with Crippen molar-refractivity contribution in [1.29, 1.82) is 0 Å². The molecule has 0 saturated heterocycles. The van der Waals surface area contributed by atoms with Crippen LogP contribution in [0.5, 0.6) is 0 Å². The van der Waals surface area contributed by atoms with E-state index in [0.717, 1.165) is 5.52 Å². The van der Waals surface area contributed by atoms with Gasteiger partial charge in [-0.25, -0.2) is 13.6 Å². The van der Waals surface area contributed by atoms with E-state index in [9.17, 15) is 18.0 Å². The van der Waals surface area contributed by atoms with E-state index in [1.54, 1.807) is 24.4 Å². The number of aromatic nitrogens is 1. The second kappa shape index (κ2) is 7.34. The molecule has 1 heterocycles. The van der Waals surface area contributed by atoms with Crippen molar-refractivity contribution in [2.75, 3.05) is 12.0 Å². The first-order chi connectivity index (χ1) is 11.3. The maximum absolute atomic E-state index is 13.7. The fourth-order valence-electron chi connectivity index (χ4n) is 2.54. The molecule has 2 aromatic rings. The second-order valence-electron chi connectivity index (χ2n) is 5.65. The fourth-order valence-corrected chi connectivity index (χ4v) is 2.71. The van der Waals surface area contributed by atoms with Gasteiger partial charge in [0.1, 0.15) is 0 Å². The van der Waals surface area contributed by atoms with Gasteiger partial charge in [-0.15, -0.1) is 0 Å². The highest BCUT2D eigenvalue weighted by atomic mass is 35.5. The van der Waals surface area contributed by atoms with Crippen LogP contribution in [-0.4, -0.2) is 29.7 Å². The van der Waals surface area contributed by atoms with Crippen LogP contribution in [0.1, 0.15) is 20.3 Å². The summed E-state index contributed by atoms with van der Waals surface area (Å²) in [6.07, 6.45) is 1.08. The van der Waals surface area contributed by atoms with Crippen LogP contribution in [0.4, 0.5) is 23.7 Å². The van der Waals surface area contributed by atoms with Crippen LogP contribution in [0.15, 0.2) is 24.4 Å². The van der Waals surface area contributed by atoms with Crippen LogP contribution >= 0.6 is 11.6 Å². The van der Waals surface area contributed by atoms with Crippen LogP contribution in [-0.2, 0) is 0 Å². The third-order valence-electron chi connectivity index (χ3n) is 4.03. The van der Waals surface area contributed by atoms with Gasteiger partial charge in [0.2, 0.25) is 0 Å². The largest absolute Gasteiger partial charge is 0.359 e. The van der Waals surface area contributed by atoms with E-state index in [0.29, 0.717) is 16.1 Å². The van der Waals surface area contributed by atoms with E-state index in [1.165, 1.54) is 13.8 Å². The molecular weight excluding hydrogens is 343 g/mol. The van der Waals surface area contributed by atoms with Crippen LogP contribution in [0.2, 0.25) is 5.02 Å². The van der Waals surface area contributed by atoms with Gasteiger partial charge >= 0.3 is 6.03 Å². The standard InChI is InChI=1S/C16H19ClF3N3O/c1-3-16(19,20)12(7-18)9(2)22-15(24)23-14-8-21-13-5-4-10(17)6-11(13)14/h4-6,8-9,12,21H,3,7H2,1-2H3,(H2,22,23,24)/t9-,12+/m1/s1. The summed E-state index contributed by atoms with van der Waals surface area (Å²) in [7, 11) is 0. The normalized spacial score (nSPS) is 14.4. The number of carbonyl (C=O) groups is 1. The highest BCUT2D eigenvalue weighted by molar-refractivity contribution is 6.31. The number of carbonyl (C=O) groups excluding carboxylic acids is 1. The first-order valence-electron chi connectivity index (χ1n) is 7.56. The monoisotopic (exact) mass is 361 g/mol. The molecule has 1 aromatic heterocycles. The van der Waals surface area contributed by atoms with Gasteiger partial charge in [0.05, 0.1) is 18.3 Å². The molecule has 0 saturated carbocycles. The molecule has 2 rings (SSSR count). The van der Waals surface area contributed by atoms with Crippen molar-refractivity contribution in [2.24, 2.45) is 5.92 Å². The van der Waals surface area contributed by atoms with Gasteiger partial charge in [0.15, 0.2) is 0 Å². The van der Waals surface area contributed by atoms with Crippen molar-refractivity contribution < 1.29 is 18.0 Å². The molecule has 132 valence electrons. The molecule has 0 fully saturated rings. The number of amides is 2. The Morgan fingerprint density at radius 1 is 1.42 bits per heavy atom. The first kappa shape index (κ1) is 18.4. The van der Waals surface area contributed by atoms with Crippen molar-refractivity contribution in [2.45, 2.75) is 32.2 Å². The predicted molar refractivity (Wildman–Crippen MR) is 89.6 cm³/mol. The summed E-state index contributed by atoms with van der Waals surface area (Å²) in [4.78, 5) is 15.0. The average Bonchev–Trinajstić information content (AvgIpc) is 2.89. The van der Waals surface area contributed by atoms with Crippen molar-refractivity contribution in [3.05, 3.63) is 29.4 Å².